The van der Waals surface area contributed by atoms with Crippen LogP contribution in [0.1, 0.15) is 58.4 Å². The van der Waals surface area contributed by atoms with Gasteiger partial charge < -0.3 is 25.7 Å². The topological polar surface area (TPSA) is 90.3 Å². The first-order chi connectivity index (χ1) is 16.1. The van der Waals surface area contributed by atoms with Gasteiger partial charge in [-0.2, -0.15) is 0 Å². The summed E-state index contributed by atoms with van der Waals surface area (Å²) in [4.78, 5) is 17.7. The van der Waals surface area contributed by atoms with E-state index in [4.69, 9.17) is 5.41 Å². The Morgan fingerprint density at radius 2 is 1.71 bits per heavy atom. The molecule has 1 amide bonds. The standard InChI is InChI=1S/C18H27N5O.C4H8.C3H6.C2H6O/c1-20-15-11-12-21-18(22-13-7-5-4-6-8-13)17(15)14(19)9-10-16(24)23(2)3;1-4(2)3;2*1-3-2/h9-13,19H,4-8H2,1-3H3,(H2,20,21,22);1H2,2-3H3;3H,1H2,2H3;1-2H3/b10-9+,19-14?;;;. The lowest BCUT2D eigenvalue weighted by molar-refractivity contribution is -0.123. The molecule has 0 saturated heterocycles. The lowest BCUT2D eigenvalue weighted by Crippen LogP contribution is -2.24. The molecule has 0 atom stereocenters. The van der Waals surface area contributed by atoms with E-state index < -0.39 is 0 Å². The number of ether oxygens (including phenoxy) is 1. The van der Waals surface area contributed by atoms with E-state index in [0.717, 1.165) is 18.5 Å². The predicted octanol–water partition coefficient (Wildman–Crippen LogP) is 5.92. The Morgan fingerprint density at radius 1 is 1.21 bits per heavy atom. The number of amides is 1. The van der Waals surface area contributed by atoms with E-state index in [9.17, 15) is 4.79 Å². The normalized spacial score (nSPS) is 12.5. The number of nitrogens with zero attached hydrogens (tertiary/aromatic N) is 2. The fourth-order valence-electron chi connectivity index (χ4n) is 2.88. The van der Waals surface area contributed by atoms with Gasteiger partial charge in [-0.15, -0.1) is 13.2 Å². The maximum Gasteiger partial charge on any atom is 0.246 e. The number of carbonyl (C=O) groups is 1. The Balaban J connectivity index is 0. The van der Waals surface area contributed by atoms with Crippen LogP contribution in [-0.4, -0.2) is 62.9 Å². The summed E-state index contributed by atoms with van der Waals surface area (Å²) in [6.07, 6.45) is 12.5. The van der Waals surface area contributed by atoms with Gasteiger partial charge in [0, 0.05) is 59.4 Å². The summed E-state index contributed by atoms with van der Waals surface area (Å²) in [5.74, 6) is 0.567. The molecule has 34 heavy (non-hydrogen) atoms. The monoisotopic (exact) mass is 473 g/mol. The Labute approximate surface area is 207 Å². The van der Waals surface area contributed by atoms with Crippen LogP contribution >= 0.6 is 0 Å². The molecule has 1 saturated carbocycles. The number of aromatic nitrogens is 1. The van der Waals surface area contributed by atoms with Gasteiger partial charge >= 0.3 is 0 Å². The molecule has 0 aliphatic heterocycles. The number of hydrogen-bond donors (Lipinski definition) is 3. The third kappa shape index (κ3) is 15.8. The average molecular weight is 474 g/mol. The first kappa shape index (κ1) is 33.2. The molecule has 192 valence electrons. The first-order valence-corrected chi connectivity index (χ1v) is 11.6. The van der Waals surface area contributed by atoms with E-state index in [2.05, 4.69) is 33.5 Å². The van der Waals surface area contributed by atoms with Crippen molar-refractivity contribution in [2.45, 2.75) is 58.9 Å². The van der Waals surface area contributed by atoms with Crippen molar-refractivity contribution in [1.29, 1.82) is 5.41 Å². The van der Waals surface area contributed by atoms with Crippen molar-refractivity contribution < 1.29 is 9.53 Å². The fourth-order valence-corrected chi connectivity index (χ4v) is 2.88. The lowest BCUT2D eigenvalue weighted by Gasteiger charge is -2.25. The molecule has 0 radical (unpaired) electrons. The molecule has 1 fully saturated rings. The van der Waals surface area contributed by atoms with E-state index in [1.165, 1.54) is 41.9 Å². The molecule has 1 aromatic rings. The molecular formula is C27H47N5O2. The number of methoxy groups -OCH3 is 1. The van der Waals surface area contributed by atoms with Crippen LogP contribution in [0.25, 0.3) is 0 Å². The third-order valence-corrected chi connectivity index (χ3v) is 4.27. The molecule has 2 rings (SSSR count). The van der Waals surface area contributed by atoms with Crippen LogP contribution in [0, 0.1) is 5.41 Å². The average Bonchev–Trinajstić information content (AvgIpc) is 2.78. The van der Waals surface area contributed by atoms with E-state index >= 15 is 0 Å². The van der Waals surface area contributed by atoms with Gasteiger partial charge in [0.25, 0.3) is 0 Å². The molecule has 0 aromatic carbocycles. The van der Waals surface area contributed by atoms with Crippen molar-refractivity contribution in [3.8, 4) is 0 Å². The number of likely N-dealkylation sites (N-methyl/N-ethyl adjacent to an activating group) is 1. The summed E-state index contributed by atoms with van der Waals surface area (Å²) >= 11 is 0. The highest BCUT2D eigenvalue weighted by Gasteiger charge is 2.18. The van der Waals surface area contributed by atoms with Crippen molar-refractivity contribution in [1.82, 2.24) is 9.88 Å². The minimum atomic E-state index is -0.142. The zero-order chi connectivity index (χ0) is 26.5. The zero-order valence-corrected chi connectivity index (χ0v) is 22.6. The van der Waals surface area contributed by atoms with Crippen LogP contribution in [0.3, 0.4) is 0 Å². The minimum absolute atomic E-state index is 0.142. The summed E-state index contributed by atoms with van der Waals surface area (Å²) < 4.78 is 4.25. The van der Waals surface area contributed by atoms with Gasteiger partial charge in [0.1, 0.15) is 5.82 Å². The number of nitrogens with one attached hydrogen (secondary N) is 3. The highest BCUT2D eigenvalue weighted by molar-refractivity contribution is 6.15. The molecular weight excluding hydrogens is 426 g/mol. The molecule has 1 aromatic heterocycles. The highest BCUT2D eigenvalue weighted by Crippen LogP contribution is 2.27. The molecule has 3 N–H and O–H groups in total. The number of allylic oxidation sites excluding steroid dienone is 3. The van der Waals surface area contributed by atoms with Crippen molar-refractivity contribution in [3.05, 3.63) is 54.8 Å². The molecule has 7 nitrogen and oxygen atoms in total. The highest BCUT2D eigenvalue weighted by atomic mass is 16.4. The smallest absolute Gasteiger partial charge is 0.246 e. The third-order valence-electron chi connectivity index (χ3n) is 4.27. The van der Waals surface area contributed by atoms with Gasteiger partial charge in [-0.3, -0.25) is 4.79 Å². The maximum atomic E-state index is 11.7. The van der Waals surface area contributed by atoms with Crippen molar-refractivity contribution >= 4 is 23.1 Å². The first-order valence-electron chi connectivity index (χ1n) is 11.6. The second kappa shape index (κ2) is 20.7. The van der Waals surface area contributed by atoms with Crippen molar-refractivity contribution in [2.75, 3.05) is 46.0 Å². The SMILES string of the molecule is C=C(C)C.C=CC.CNc1ccnc(NC2CCCCC2)c1C(=N)/C=C/C(=O)N(C)C.COC. The quantitative estimate of drug-likeness (QED) is 0.271. The lowest BCUT2D eigenvalue weighted by atomic mass is 9.95. The van der Waals surface area contributed by atoms with Crippen molar-refractivity contribution in [3.63, 3.8) is 0 Å². The number of rotatable bonds is 6. The maximum absolute atomic E-state index is 11.7. The molecule has 0 spiro atoms. The van der Waals surface area contributed by atoms with Gasteiger partial charge in [0.2, 0.25) is 5.91 Å². The Kier molecular flexibility index (Phi) is 20.2. The summed E-state index contributed by atoms with van der Waals surface area (Å²) in [5, 5.41) is 15.0. The summed E-state index contributed by atoms with van der Waals surface area (Å²) in [6.45, 7) is 12.8. The minimum Gasteiger partial charge on any atom is -0.388 e. The van der Waals surface area contributed by atoms with E-state index in [0.29, 0.717) is 17.4 Å². The molecule has 1 aliphatic rings. The Hall–Kier alpha value is -2.93. The summed E-state index contributed by atoms with van der Waals surface area (Å²) in [5.41, 5.74) is 2.96. The molecule has 0 unspecified atom stereocenters. The second-order valence-electron chi connectivity index (χ2n) is 8.31. The Morgan fingerprint density at radius 3 is 2.15 bits per heavy atom. The van der Waals surface area contributed by atoms with Gasteiger partial charge in [-0.25, -0.2) is 4.98 Å². The van der Waals surface area contributed by atoms with Gasteiger partial charge in [-0.05, 0) is 45.8 Å². The molecule has 0 bridgehead atoms. The number of hydrogen-bond acceptors (Lipinski definition) is 6. The van der Waals surface area contributed by atoms with Crippen LogP contribution in [0.4, 0.5) is 11.5 Å². The molecule has 1 aliphatic carbocycles. The van der Waals surface area contributed by atoms with Crippen LogP contribution < -0.4 is 10.6 Å². The fraction of sp³-hybridized carbons (Fsp3) is 0.519. The van der Waals surface area contributed by atoms with Gasteiger partial charge in [0.15, 0.2) is 0 Å². The van der Waals surface area contributed by atoms with Crippen LogP contribution in [-0.2, 0) is 9.53 Å². The molecule has 1 heterocycles. The number of anilines is 2. The number of carbonyl (C=O) groups excluding carboxylic acids is 1. The Bertz CT molecular complexity index is 762. The molecule has 7 heteroatoms. The second-order valence-corrected chi connectivity index (χ2v) is 8.31. The van der Waals surface area contributed by atoms with Gasteiger partial charge in [0.05, 0.1) is 11.3 Å². The van der Waals surface area contributed by atoms with E-state index in [-0.39, 0.29) is 11.6 Å². The van der Waals surface area contributed by atoms with Crippen LogP contribution in [0.15, 0.2) is 49.2 Å². The number of pyridine rings is 1. The predicted molar refractivity (Wildman–Crippen MR) is 148 cm³/mol. The van der Waals surface area contributed by atoms with Crippen LogP contribution in [0.5, 0.6) is 0 Å². The summed E-state index contributed by atoms with van der Waals surface area (Å²) in [6, 6.07) is 2.25. The summed E-state index contributed by atoms with van der Waals surface area (Å²) in [7, 11) is 8.45. The van der Waals surface area contributed by atoms with E-state index in [1.54, 1.807) is 40.6 Å². The van der Waals surface area contributed by atoms with Gasteiger partial charge in [-0.1, -0.05) is 30.9 Å². The van der Waals surface area contributed by atoms with Crippen molar-refractivity contribution in [2.24, 2.45) is 0 Å². The van der Waals surface area contributed by atoms with E-state index in [1.807, 2.05) is 33.9 Å². The van der Waals surface area contributed by atoms with Crippen LogP contribution in [0.2, 0.25) is 0 Å². The largest absolute Gasteiger partial charge is 0.388 e. The zero-order valence-electron chi connectivity index (χ0n) is 22.6.